The van der Waals surface area contributed by atoms with Gasteiger partial charge in [0.15, 0.2) is 11.5 Å². The predicted octanol–water partition coefficient (Wildman–Crippen LogP) is 5.16. The highest BCUT2D eigenvalue weighted by Crippen LogP contribution is 2.29. The number of alkyl halides is 2. The summed E-state index contributed by atoms with van der Waals surface area (Å²) in [6.07, 6.45) is 2.76. The van der Waals surface area contributed by atoms with Gasteiger partial charge in [-0.05, 0) is 41.5 Å². The molecule has 0 fully saturated rings. The molecule has 0 aliphatic carbocycles. The first kappa shape index (κ1) is 26.3. The molecule has 1 atom stereocenters. The molecule has 0 spiro atoms. The molecule has 0 saturated heterocycles. The molecule has 37 heavy (non-hydrogen) atoms. The van der Waals surface area contributed by atoms with E-state index in [1.165, 1.54) is 13.2 Å². The highest BCUT2D eigenvalue weighted by molar-refractivity contribution is 7.84. The predicted molar refractivity (Wildman–Crippen MR) is 137 cm³/mol. The van der Waals surface area contributed by atoms with Crippen molar-refractivity contribution in [1.29, 1.82) is 0 Å². The second kappa shape index (κ2) is 12.0. The van der Waals surface area contributed by atoms with E-state index < -0.39 is 22.9 Å². The van der Waals surface area contributed by atoms with Gasteiger partial charge in [-0.25, -0.2) is 18.7 Å². The Balaban J connectivity index is 1.60. The smallest absolute Gasteiger partial charge is 0.280 e. The van der Waals surface area contributed by atoms with Gasteiger partial charge in [0.1, 0.15) is 11.4 Å². The summed E-state index contributed by atoms with van der Waals surface area (Å²) in [6.45, 7) is 1.18. The van der Waals surface area contributed by atoms with Gasteiger partial charge in [0.25, 0.3) is 6.43 Å². The Kier molecular flexibility index (Phi) is 8.50. The average molecular weight is 528 g/mol. The van der Waals surface area contributed by atoms with E-state index in [9.17, 15) is 13.0 Å². The summed E-state index contributed by atoms with van der Waals surface area (Å²) in [7, 11) is 2.96. The highest BCUT2D eigenvalue weighted by atomic mass is 32.2. The van der Waals surface area contributed by atoms with E-state index in [-0.39, 0.29) is 16.6 Å². The Labute approximate surface area is 216 Å². The number of benzene rings is 2. The zero-order valence-electron chi connectivity index (χ0n) is 20.7. The number of hydrogen-bond acceptors (Lipinski definition) is 7. The van der Waals surface area contributed by atoms with Crippen LogP contribution in [0.25, 0.3) is 5.57 Å². The lowest BCUT2D eigenvalue weighted by atomic mass is 10.1. The van der Waals surface area contributed by atoms with Crippen molar-refractivity contribution in [2.75, 3.05) is 27.9 Å². The molecule has 3 aromatic rings. The largest absolute Gasteiger partial charge is 0.497 e. The van der Waals surface area contributed by atoms with E-state index in [1.54, 1.807) is 38.5 Å². The minimum Gasteiger partial charge on any atom is -0.497 e. The Bertz CT molecular complexity index is 1350. The third kappa shape index (κ3) is 6.51. The molecule has 0 amide bonds. The Hall–Kier alpha value is -3.79. The van der Waals surface area contributed by atoms with Crippen LogP contribution in [0.1, 0.15) is 28.9 Å². The molecule has 0 saturated carbocycles. The summed E-state index contributed by atoms with van der Waals surface area (Å²) in [4.78, 5) is 10.3. The fraction of sp³-hybridized carbons (Fsp3) is 0.259. The maximum Gasteiger partial charge on any atom is 0.280 e. The number of allylic oxidation sites excluding steroid dienone is 2. The van der Waals surface area contributed by atoms with Gasteiger partial charge in [0, 0.05) is 24.9 Å². The van der Waals surface area contributed by atoms with Gasteiger partial charge in [-0.15, -0.1) is 0 Å². The van der Waals surface area contributed by atoms with Gasteiger partial charge in [-0.3, -0.25) is 4.21 Å². The molecule has 1 aromatic heterocycles. The van der Waals surface area contributed by atoms with Crippen molar-refractivity contribution >= 4 is 16.4 Å². The lowest BCUT2D eigenvalue weighted by Crippen LogP contribution is -2.20. The molecule has 2 heterocycles. The summed E-state index contributed by atoms with van der Waals surface area (Å²) >= 11 is 0. The molecule has 0 radical (unpaired) electrons. The molecular formula is C27H27F2N3O4S. The van der Waals surface area contributed by atoms with Crippen molar-refractivity contribution < 1.29 is 27.2 Å². The third-order valence-corrected chi connectivity index (χ3v) is 6.86. The minimum absolute atomic E-state index is 0.0731. The first-order valence-electron chi connectivity index (χ1n) is 11.4. The monoisotopic (exact) mass is 527 g/mol. The number of aromatic nitrogens is 2. The molecule has 0 N–H and O–H groups in total. The standard InChI is InChI=1S/C27H27F2N3O4S/c1-34-21-8-4-6-19(12-21)17-37(33)27-30-22(14-23(31-27)26(28)29)20-7-5-11-32(16-20)15-18-9-10-24(35-2)25(13-18)36-3/h4-10,12-14,16,26H,11,15,17H2,1-3H3. The topological polar surface area (TPSA) is 73.8 Å². The minimum atomic E-state index is -2.83. The molecule has 0 bridgehead atoms. The number of halogens is 2. The van der Waals surface area contributed by atoms with Crippen molar-refractivity contribution in [2.45, 2.75) is 23.9 Å². The Morgan fingerprint density at radius 2 is 1.78 bits per heavy atom. The fourth-order valence-electron chi connectivity index (χ4n) is 3.87. The van der Waals surface area contributed by atoms with Gasteiger partial charge in [-0.1, -0.05) is 30.4 Å². The van der Waals surface area contributed by atoms with Crippen LogP contribution in [0.5, 0.6) is 17.2 Å². The molecular weight excluding hydrogens is 500 g/mol. The molecule has 194 valence electrons. The quantitative estimate of drug-likeness (QED) is 0.337. The van der Waals surface area contributed by atoms with E-state index in [4.69, 9.17) is 14.2 Å². The summed E-state index contributed by atoms with van der Waals surface area (Å²) in [5.74, 6) is 1.95. The lowest BCUT2D eigenvalue weighted by molar-refractivity contribution is 0.145. The second-order valence-corrected chi connectivity index (χ2v) is 9.55. The average Bonchev–Trinajstić information content (AvgIpc) is 2.92. The molecule has 1 aliphatic heterocycles. The maximum atomic E-state index is 13.7. The van der Waals surface area contributed by atoms with Gasteiger partial charge >= 0.3 is 0 Å². The third-order valence-electron chi connectivity index (χ3n) is 5.67. The number of ether oxygens (including phenoxy) is 3. The highest BCUT2D eigenvalue weighted by Gasteiger charge is 2.20. The van der Waals surface area contributed by atoms with Crippen LogP contribution in [0.2, 0.25) is 0 Å². The van der Waals surface area contributed by atoms with Crippen molar-refractivity contribution in [3.05, 3.63) is 89.4 Å². The lowest BCUT2D eigenvalue weighted by Gasteiger charge is -2.24. The van der Waals surface area contributed by atoms with Gasteiger partial charge in [-0.2, -0.15) is 0 Å². The van der Waals surface area contributed by atoms with Gasteiger partial charge in [0.2, 0.25) is 5.16 Å². The number of nitrogens with zero attached hydrogens (tertiary/aromatic N) is 3. The summed E-state index contributed by atoms with van der Waals surface area (Å²) in [6, 6.07) is 14.0. The van der Waals surface area contributed by atoms with Crippen molar-refractivity contribution in [1.82, 2.24) is 14.9 Å². The van der Waals surface area contributed by atoms with E-state index in [2.05, 4.69) is 9.97 Å². The first-order valence-corrected chi connectivity index (χ1v) is 12.7. The van der Waals surface area contributed by atoms with E-state index in [0.29, 0.717) is 35.9 Å². The van der Waals surface area contributed by atoms with Crippen LogP contribution in [0.3, 0.4) is 0 Å². The zero-order chi connectivity index (χ0) is 26.4. The van der Waals surface area contributed by atoms with Crippen molar-refractivity contribution in [3.63, 3.8) is 0 Å². The molecule has 10 heteroatoms. The summed E-state index contributed by atoms with van der Waals surface area (Å²) < 4.78 is 56.4. The fourth-order valence-corrected chi connectivity index (χ4v) is 4.88. The van der Waals surface area contributed by atoms with Gasteiger partial charge < -0.3 is 19.1 Å². The van der Waals surface area contributed by atoms with Crippen LogP contribution in [-0.2, 0) is 23.1 Å². The van der Waals surface area contributed by atoms with E-state index in [1.807, 2.05) is 41.5 Å². The normalized spacial score (nSPS) is 13.9. The summed E-state index contributed by atoms with van der Waals surface area (Å²) in [5, 5.41) is -0.137. The Morgan fingerprint density at radius 1 is 0.973 bits per heavy atom. The molecule has 7 nitrogen and oxygen atoms in total. The van der Waals surface area contributed by atoms with Crippen LogP contribution in [0.15, 0.2) is 72.0 Å². The van der Waals surface area contributed by atoms with Crippen LogP contribution >= 0.6 is 0 Å². The second-order valence-electron chi connectivity index (χ2n) is 8.21. The number of methoxy groups -OCH3 is 3. The first-order chi connectivity index (χ1) is 17.9. The number of hydrogen-bond donors (Lipinski definition) is 0. The molecule has 4 rings (SSSR count). The van der Waals surface area contributed by atoms with E-state index >= 15 is 0 Å². The maximum absolute atomic E-state index is 13.7. The van der Waals surface area contributed by atoms with Crippen LogP contribution in [0.4, 0.5) is 8.78 Å². The Morgan fingerprint density at radius 3 is 2.51 bits per heavy atom. The summed E-state index contributed by atoms with van der Waals surface area (Å²) in [5.41, 5.74) is 2.15. The zero-order valence-corrected chi connectivity index (χ0v) is 21.5. The van der Waals surface area contributed by atoms with Crippen LogP contribution in [-0.4, -0.2) is 47.0 Å². The van der Waals surface area contributed by atoms with Gasteiger partial charge in [0.05, 0.1) is 43.6 Å². The molecule has 1 aliphatic rings. The van der Waals surface area contributed by atoms with Crippen LogP contribution in [0, 0.1) is 0 Å². The van der Waals surface area contributed by atoms with Crippen LogP contribution < -0.4 is 14.2 Å². The molecule has 1 unspecified atom stereocenters. The van der Waals surface area contributed by atoms with Crippen molar-refractivity contribution in [3.8, 4) is 17.2 Å². The number of rotatable bonds is 10. The van der Waals surface area contributed by atoms with Crippen molar-refractivity contribution in [2.24, 2.45) is 0 Å². The molecule has 2 aromatic carbocycles. The van der Waals surface area contributed by atoms with E-state index in [0.717, 1.165) is 11.1 Å². The SMILES string of the molecule is COc1cccc(CS(=O)c2nc(C3=CN(Cc4ccc(OC)c(OC)c4)CC=C3)cc(C(F)F)n2)c1.